The van der Waals surface area contributed by atoms with Crippen molar-refractivity contribution in [3.8, 4) is 5.75 Å². The van der Waals surface area contributed by atoms with Crippen LogP contribution in [0.1, 0.15) is 15.9 Å². The van der Waals surface area contributed by atoms with Gasteiger partial charge in [-0.05, 0) is 17.7 Å². The number of benzene rings is 1. The van der Waals surface area contributed by atoms with Crippen LogP contribution in [0.4, 0.5) is 0 Å². The van der Waals surface area contributed by atoms with E-state index in [1.54, 1.807) is 6.07 Å². The van der Waals surface area contributed by atoms with Crippen LogP contribution >= 0.6 is 0 Å². The Morgan fingerprint density at radius 3 is 3.00 bits per heavy atom. The maximum Gasteiger partial charge on any atom is 0.335 e. The molecule has 4 heteroatoms. The van der Waals surface area contributed by atoms with Crippen molar-refractivity contribution >= 4 is 5.97 Å². The molecule has 14 heavy (non-hydrogen) atoms. The van der Waals surface area contributed by atoms with Crippen molar-refractivity contribution in [2.45, 2.75) is 12.5 Å². The van der Waals surface area contributed by atoms with Crippen LogP contribution in [0.2, 0.25) is 0 Å². The molecular formula is C10H10O4. The van der Waals surface area contributed by atoms with Gasteiger partial charge in [0.05, 0.1) is 11.7 Å². The number of hydrogen-bond donors (Lipinski definition) is 2. The number of aliphatic hydroxyl groups is 1. The van der Waals surface area contributed by atoms with Crippen LogP contribution in [0.25, 0.3) is 0 Å². The lowest BCUT2D eigenvalue weighted by Gasteiger charge is -2.21. The van der Waals surface area contributed by atoms with Gasteiger partial charge in [0.1, 0.15) is 12.4 Å². The molecule has 2 rings (SSSR count). The van der Waals surface area contributed by atoms with E-state index >= 15 is 0 Å². The van der Waals surface area contributed by atoms with Gasteiger partial charge in [0.15, 0.2) is 0 Å². The van der Waals surface area contributed by atoms with Gasteiger partial charge < -0.3 is 14.9 Å². The largest absolute Gasteiger partial charge is 0.491 e. The quantitative estimate of drug-likeness (QED) is 0.689. The number of carboxylic acid groups (broad SMARTS) is 1. The summed E-state index contributed by atoms with van der Waals surface area (Å²) in [5.74, 6) is -0.405. The Morgan fingerprint density at radius 2 is 2.29 bits per heavy atom. The lowest BCUT2D eigenvalue weighted by Crippen LogP contribution is -2.25. The van der Waals surface area contributed by atoms with Gasteiger partial charge >= 0.3 is 5.97 Å². The minimum atomic E-state index is -0.970. The fourth-order valence-electron chi connectivity index (χ4n) is 1.49. The molecule has 0 bridgehead atoms. The van der Waals surface area contributed by atoms with E-state index in [4.69, 9.17) is 9.84 Å². The van der Waals surface area contributed by atoms with Crippen molar-refractivity contribution in [1.82, 2.24) is 0 Å². The van der Waals surface area contributed by atoms with E-state index in [2.05, 4.69) is 0 Å². The summed E-state index contributed by atoms with van der Waals surface area (Å²) < 4.78 is 5.21. The first-order valence-electron chi connectivity index (χ1n) is 4.34. The van der Waals surface area contributed by atoms with Crippen molar-refractivity contribution in [3.05, 3.63) is 29.3 Å². The Bertz CT molecular complexity index is 372. The summed E-state index contributed by atoms with van der Waals surface area (Å²) in [7, 11) is 0. The number of aromatic carboxylic acids is 1. The molecule has 1 atom stereocenters. The van der Waals surface area contributed by atoms with Gasteiger partial charge in [-0.1, -0.05) is 6.07 Å². The molecule has 1 aliphatic rings. The zero-order chi connectivity index (χ0) is 10.1. The number of carboxylic acids is 1. The monoisotopic (exact) mass is 194 g/mol. The molecule has 0 aliphatic carbocycles. The highest BCUT2D eigenvalue weighted by Gasteiger charge is 2.18. The van der Waals surface area contributed by atoms with Crippen LogP contribution in [0.5, 0.6) is 5.75 Å². The Kier molecular flexibility index (Phi) is 2.13. The van der Waals surface area contributed by atoms with Crippen LogP contribution in [0, 0.1) is 0 Å². The fraction of sp³-hybridized carbons (Fsp3) is 0.300. The van der Waals surface area contributed by atoms with E-state index < -0.39 is 12.1 Å². The molecule has 0 spiro atoms. The molecule has 0 fully saturated rings. The highest BCUT2D eigenvalue weighted by molar-refractivity contribution is 5.88. The Balaban J connectivity index is 2.36. The Labute approximate surface area is 80.7 Å². The number of aliphatic hydroxyl groups excluding tert-OH is 1. The summed E-state index contributed by atoms with van der Waals surface area (Å²) in [6.45, 7) is 0.232. The summed E-state index contributed by atoms with van der Waals surface area (Å²) in [4.78, 5) is 10.6. The molecule has 2 N–H and O–H groups in total. The molecule has 74 valence electrons. The van der Waals surface area contributed by atoms with Gasteiger partial charge in [0.2, 0.25) is 0 Å². The summed E-state index contributed by atoms with van der Waals surface area (Å²) in [6.07, 6.45) is 0.0352. The number of hydrogen-bond acceptors (Lipinski definition) is 3. The lowest BCUT2D eigenvalue weighted by atomic mass is 10.0. The van der Waals surface area contributed by atoms with Crippen molar-refractivity contribution < 1.29 is 19.7 Å². The average Bonchev–Trinajstić information content (AvgIpc) is 2.16. The molecule has 0 aromatic heterocycles. The molecule has 1 heterocycles. The Morgan fingerprint density at radius 1 is 1.50 bits per heavy atom. The predicted molar refractivity (Wildman–Crippen MR) is 48.6 cm³/mol. The van der Waals surface area contributed by atoms with Gasteiger partial charge in [-0.15, -0.1) is 0 Å². The maximum absolute atomic E-state index is 10.6. The second kappa shape index (κ2) is 3.31. The smallest absolute Gasteiger partial charge is 0.335 e. The van der Waals surface area contributed by atoms with Crippen molar-refractivity contribution in [2.24, 2.45) is 0 Å². The van der Waals surface area contributed by atoms with E-state index in [9.17, 15) is 9.90 Å². The second-order valence-corrected chi connectivity index (χ2v) is 3.30. The molecular weight excluding hydrogens is 184 g/mol. The summed E-state index contributed by atoms with van der Waals surface area (Å²) in [5, 5.41) is 18.0. The maximum atomic E-state index is 10.6. The molecule has 4 nitrogen and oxygen atoms in total. The summed E-state index contributed by atoms with van der Waals surface area (Å²) in [6, 6.07) is 4.69. The Hall–Kier alpha value is -1.55. The first kappa shape index (κ1) is 9.02. The lowest BCUT2D eigenvalue weighted by molar-refractivity contribution is 0.0694. The van der Waals surface area contributed by atoms with Gasteiger partial charge in [0, 0.05) is 6.42 Å². The van der Waals surface area contributed by atoms with Crippen molar-refractivity contribution in [1.29, 1.82) is 0 Å². The van der Waals surface area contributed by atoms with E-state index in [1.807, 2.05) is 0 Å². The number of carbonyl (C=O) groups is 1. The van der Waals surface area contributed by atoms with Crippen LogP contribution in [0.15, 0.2) is 18.2 Å². The second-order valence-electron chi connectivity index (χ2n) is 3.30. The van der Waals surface area contributed by atoms with Gasteiger partial charge in [-0.2, -0.15) is 0 Å². The number of fused-ring (bicyclic) bond motifs is 1. The van der Waals surface area contributed by atoms with E-state index in [0.29, 0.717) is 12.2 Å². The van der Waals surface area contributed by atoms with Gasteiger partial charge in [-0.3, -0.25) is 0 Å². The summed E-state index contributed by atoms with van der Waals surface area (Å²) in [5.41, 5.74) is 1.06. The third-order valence-electron chi connectivity index (χ3n) is 2.20. The minimum Gasteiger partial charge on any atom is -0.491 e. The van der Waals surface area contributed by atoms with Gasteiger partial charge in [-0.25, -0.2) is 4.79 Å². The third kappa shape index (κ3) is 1.56. The molecule has 1 aromatic carbocycles. The molecule has 1 aliphatic heterocycles. The van der Waals surface area contributed by atoms with E-state index in [1.165, 1.54) is 12.1 Å². The van der Waals surface area contributed by atoms with Crippen LogP contribution < -0.4 is 4.74 Å². The van der Waals surface area contributed by atoms with E-state index in [0.717, 1.165) is 5.56 Å². The molecule has 1 aromatic rings. The third-order valence-corrected chi connectivity index (χ3v) is 2.20. The zero-order valence-corrected chi connectivity index (χ0v) is 7.43. The standard InChI is InChI=1S/C10H10O4/c11-8-3-6-1-2-7(10(12)13)4-9(6)14-5-8/h1-2,4,8,11H,3,5H2,(H,12,13). The molecule has 0 amide bonds. The first-order chi connectivity index (χ1) is 6.66. The first-order valence-corrected chi connectivity index (χ1v) is 4.34. The van der Waals surface area contributed by atoms with Crippen molar-refractivity contribution in [3.63, 3.8) is 0 Å². The zero-order valence-electron chi connectivity index (χ0n) is 7.43. The van der Waals surface area contributed by atoms with Crippen molar-refractivity contribution in [2.75, 3.05) is 6.61 Å². The average molecular weight is 194 g/mol. The number of rotatable bonds is 1. The normalized spacial score (nSPS) is 19.6. The highest BCUT2D eigenvalue weighted by Crippen LogP contribution is 2.25. The molecule has 1 unspecified atom stereocenters. The van der Waals surface area contributed by atoms with Gasteiger partial charge in [0.25, 0.3) is 0 Å². The fourth-order valence-corrected chi connectivity index (χ4v) is 1.49. The van der Waals surface area contributed by atoms with Crippen LogP contribution in [-0.4, -0.2) is 28.9 Å². The van der Waals surface area contributed by atoms with Crippen LogP contribution in [0.3, 0.4) is 0 Å². The molecule has 0 saturated heterocycles. The highest BCUT2D eigenvalue weighted by atomic mass is 16.5. The topological polar surface area (TPSA) is 66.8 Å². The summed E-state index contributed by atoms with van der Waals surface area (Å²) >= 11 is 0. The number of ether oxygens (including phenoxy) is 1. The minimum absolute atomic E-state index is 0.208. The SMILES string of the molecule is O=C(O)c1ccc2c(c1)OCC(O)C2. The van der Waals surface area contributed by atoms with E-state index in [-0.39, 0.29) is 12.2 Å². The van der Waals surface area contributed by atoms with Crippen LogP contribution in [-0.2, 0) is 6.42 Å². The molecule has 0 radical (unpaired) electrons. The predicted octanol–water partition coefficient (Wildman–Crippen LogP) is 0.681. The molecule has 0 saturated carbocycles.